The highest BCUT2D eigenvalue weighted by Crippen LogP contribution is 2.34. The van der Waals surface area contributed by atoms with Crippen molar-refractivity contribution in [2.24, 2.45) is 0 Å². The smallest absolute Gasteiger partial charge is 0.147 e. The number of rotatable bonds is 4. The summed E-state index contributed by atoms with van der Waals surface area (Å²) in [4.78, 5) is 2.19. The minimum absolute atomic E-state index is 0.272. The highest BCUT2D eigenvalue weighted by molar-refractivity contribution is 5.53. The number of piperidine rings is 1. The van der Waals surface area contributed by atoms with Crippen LogP contribution in [0.5, 0.6) is 0 Å². The fourth-order valence-corrected chi connectivity index (χ4v) is 2.96. The molecule has 0 radical (unpaired) electrons. The van der Waals surface area contributed by atoms with Crippen molar-refractivity contribution in [3.05, 3.63) is 29.6 Å². The van der Waals surface area contributed by atoms with Crippen LogP contribution in [-0.4, -0.2) is 25.2 Å². The number of benzene rings is 1. The quantitative estimate of drug-likeness (QED) is 0.917. The first-order valence-electron chi connectivity index (χ1n) is 7.47. The minimum atomic E-state index is -0.272. The van der Waals surface area contributed by atoms with Crippen LogP contribution in [-0.2, 0) is 0 Å². The van der Waals surface area contributed by atoms with E-state index >= 15 is 0 Å². The van der Waals surface area contributed by atoms with Crippen molar-refractivity contribution in [2.45, 2.75) is 44.2 Å². The van der Waals surface area contributed by atoms with E-state index in [1.807, 2.05) is 6.07 Å². The van der Waals surface area contributed by atoms with E-state index in [0.717, 1.165) is 25.9 Å². The zero-order valence-corrected chi connectivity index (χ0v) is 11.6. The van der Waals surface area contributed by atoms with Gasteiger partial charge in [-0.1, -0.05) is 6.42 Å². The number of nitriles is 1. The summed E-state index contributed by atoms with van der Waals surface area (Å²) >= 11 is 0. The average molecular weight is 273 g/mol. The lowest BCUT2D eigenvalue weighted by Crippen LogP contribution is -2.44. The summed E-state index contributed by atoms with van der Waals surface area (Å²) in [5.41, 5.74) is 1.04. The molecule has 3 rings (SSSR count). The van der Waals surface area contributed by atoms with Crippen LogP contribution >= 0.6 is 0 Å². The number of halogens is 1. The van der Waals surface area contributed by atoms with Gasteiger partial charge in [0.25, 0.3) is 0 Å². The SMILES string of the molecule is N#Cc1ccc(N(CC2CCCCN2)C2CC2)c(F)c1. The van der Waals surface area contributed by atoms with Gasteiger partial charge in [0.15, 0.2) is 0 Å². The molecule has 3 nitrogen and oxygen atoms in total. The summed E-state index contributed by atoms with van der Waals surface area (Å²) in [5, 5.41) is 12.4. The lowest BCUT2D eigenvalue weighted by Gasteiger charge is -2.32. The molecule has 4 heteroatoms. The molecule has 106 valence electrons. The number of nitrogens with one attached hydrogen (secondary N) is 1. The van der Waals surface area contributed by atoms with Crippen LogP contribution in [0, 0.1) is 17.1 Å². The predicted molar refractivity (Wildman–Crippen MR) is 77.1 cm³/mol. The Bertz CT molecular complexity index is 513. The molecule has 0 aromatic heterocycles. The third kappa shape index (κ3) is 2.94. The van der Waals surface area contributed by atoms with Gasteiger partial charge in [-0.25, -0.2) is 4.39 Å². The van der Waals surface area contributed by atoms with Crippen LogP contribution in [0.3, 0.4) is 0 Å². The van der Waals surface area contributed by atoms with E-state index in [0.29, 0.717) is 23.3 Å². The van der Waals surface area contributed by atoms with E-state index in [2.05, 4.69) is 10.2 Å². The lowest BCUT2D eigenvalue weighted by molar-refractivity contribution is 0.397. The standard InChI is InChI=1S/C16H20FN3/c17-15-9-12(10-18)4-7-16(15)20(14-5-6-14)11-13-3-1-2-8-19-13/h4,7,9,13-14,19H,1-3,5-6,8,11H2. The fraction of sp³-hybridized carbons (Fsp3) is 0.562. The maximum atomic E-state index is 14.2. The first-order valence-corrected chi connectivity index (χ1v) is 7.47. The van der Waals surface area contributed by atoms with Crippen molar-refractivity contribution < 1.29 is 4.39 Å². The van der Waals surface area contributed by atoms with Crippen molar-refractivity contribution in [2.75, 3.05) is 18.0 Å². The molecule has 0 spiro atoms. The van der Waals surface area contributed by atoms with Crippen LogP contribution in [0.15, 0.2) is 18.2 Å². The summed E-state index contributed by atoms with van der Waals surface area (Å²) in [7, 11) is 0. The average Bonchev–Trinajstić information content (AvgIpc) is 3.31. The second-order valence-corrected chi connectivity index (χ2v) is 5.81. The van der Waals surface area contributed by atoms with Gasteiger partial charge in [0.05, 0.1) is 17.3 Å². The normalized spacial score (nSPS) is 22.3. The maximum Gasteiger partial charge on any atom is 0.147 e. The zero-order chi connectivity index (χ0) is 13.9. The van der Waals surface area contributed by atoms with Crippen LogP contribution in [0.2, 0.25) is 0 Å². The van der Waals surface area contributed by atoms with Crippen molar-refractivity contribution in [1.82, 2.24) is 5.32 Å². The summed E-state index contributed by atoms with van der Waals surface area (Å²) in [6.45, 7) is 1.94. The fourth-order valence-electron chi connectivity index (χ4n) is 2.96. The van der Waals surface area contributed by atoms with Gasteiger partial charge in [0, 0.05) is 18.6 Å². The third-order valence-corrected chi connectivity index (χ3v) is 4.20. The molecule has 20 heavy (non-hydrogen) atoms. The molecular weight excluding hydrogens is 253 g/mol. The first-order chi connectivity index (χ1) is 9.78. The van der Waals surface area contributed by atoms with E-state index in [4.69, 9.17) is 5.26 Å². The van der Waals surface area contributed by atoms with Crippen LogP contribution in [0.25, 0.3) is 0 Å². The van der Waals surface area contributed by atoms with Crippen molar-refractivity contribution in [3.8, 4) is 6.07 Å². The second-order valence-electron chi connectivity index (χ2n) is 5.81. The Hall–Kier alpha value is -1.60. The molecular formula is C16H20FN3. The van der Waals surface area contributed by atoms with Gasteiger partial charge in [0.2, 0.25) is 0 Å². The van der Waals surface area contributed by atoms with E-state index in [1.54, 1.807) is 12.1 Å². The summed E-state index contributed by atoms with van der Waals surface area (Å²) in [6.07, 6.45) is 5.95. The Kier molecular flexibility index (Phi) is 3.88. The molecule has 1 atom stereocenters. The van der Waals surface area contributed by atoms with Gasteiger partial charge in [-0.3, -0.25) is 0 Å². The van der Waals surface area contributed by atoms with Crippen molar-refractivity contribution in [3.63, 3.8) is 0 Å². The summed E-state index contributed by atoms with van der Waals surface area (Å²) < 4.78 is 14.2. The molecule has 2 aliphatic rings. The van der Waals surface area contributed by atoms with Crippen LogP contribution in [0.4, 0.5) is 10.1 Å². The molecule has 1 saturated carbocycles. The molecule has 1 heterocycles. The molecule has 1 saturated heterocycles. The second kappa shape index (κ2) is 5.80. The third-order valence-electron chi connectivity index (χ3n) is 4.20. The number of hydrogen-bond acceptors (Lipinski definition) is 3. The summed E-state index contributed by atoms with van der Waals surface area (Å²) in [6, 6.07) is 7.74. The van der Waals surface area contributed by atoms with Crippen molar-refractivity contribution >= 4 is 5.69 Å². The molecule has 1 aliphatic heterocycles. The Morgan fingerprint density at radius 1 is 1.30 bits per heavy atom. The number of nitrogens with zero attached hydrogens (tertiary/aromatic N) is 2. The Morgan fingerprint density at radius 3 is 2.75 bits per heavy atom. The van der Waals surface area contributed by atoms with Gasteiger partial charge in [-0.15, -0.1) is 0 Å². The molecule has 1 N–H and O–H groups in total. The van der Waals surface area contributed by atoms with Crippen molar-refractivity contribution in [1.29, 1.82) is 5.26 Å². The van der Waals surface area contributed by atoms with E-state index in [1.165, 1.54) is 25.3 Å². The zero-order valence-electron chi connectivity index (χ0n) is 11.6. The predicted octanol–water partition coefficient (Wildman–Crippen LogP) is 2.81. The molecule has 0 bridgehead atoms. The monoisotopic (exact) mass is 273 g/mol. The molecule has 0 amide bonds. The molecule has 2 fully saturated rings. The highest BCUT2D eigenvalue weighted by atomic mass is 19.1. The topological polar surface area (TPSA) is 39.1 Å². The van der Waals surface area contributed by atoms with Crippen LogP contribution < -0.4 is 10.2 Å². The Labute approximate surface area is 119 Å². The van der Waals surface area contributed by atoms with Gasteiger partial charge < -0.3 is 10.2 Å². The van der Waals surface area contributed by atoms with Gasteiger partial charge in [0.1, 0.15) is 5.82 Å². The Balaban J connectivity index is 1.78. The highest BCUT2D eigenvalue weighted by Gasteiger charge is 2.32. The lowest BCUT2D eigenvalue weighted by atomic mass is 10.0. The maximum absolute atomic E-state index is 14.2. The largest absolute Gasteiger partial charge is 0.365 e. The summed E-state index contributed by atoms with van der Waals surface area (Å²) in [5.74, 6) is -0.272. The van der Waals surface area contributed by atoms with Gasteiger partial charge in [-0.2, -0.15) is 5.26 Å². The number of anilines is 1. The molecule has 1 aromatic rings. The van der Waals surface area contributed by atoms with Gasteiger partial charge >= 0.3 is 0 Å². The molecule has 1 aromatic carbocycles. The minimum Gasteiger partial charge on any atom is -0.365 e. The molecule has 1 unspecified atom stereocenters. The van der Waals surface area contributed by atoms with E-state index < -0.39 is 0 Å². The van der Waals surface area contributed by atoms with E-state index in [-0.39, 0.29) is 5.82 Å². The van der Waals surface area contributed by atoms with Crippen LogP contribution in [0.1, 0.15) is 37.7 Å². The van der Waals surface area contributed by atoms with E-state index in [9.17, 15) is 4.39 Å². The number of hydrogen-bond donors (Lipinski definition) is 1. The Morgan fingerprint density at radius 2 is 2.15 bits per heavy atom. The van der Waals surface area contributed by atoms with Gasteiger partial charge in [-0.05, 0) is 50.4 Å². The molecule has 1 aliphatic carbocycles. The first kappa shape index (κ1) is 13.4.